The van der Waals surface area contributed by atoms with Gasteiger partial charge in [-0.25, -0.2) is 9.78 Å². The fourth-order valence-electron chi connectivity index (χ4n) is 3.85. The number of pyridine rings is 1. The molecule has 27 heavy (non-hydrogen) atoms. The third kappa shape index (κ3) is 3.28. The molecule has 4 heterocycles. The van der Waals surface area contributed by atoms with Crippen molar-refractivity contribution in [1.29, 1.82) is 5.26 Å². The second-order valence-electron chi connectivity index (χ2n) is 8.14. The molecule has 0 saturated carbocycles. The third-order valence-corrected chi connectivity index (χ3v) is 5.23. The van der Waals surface area contributed by atoms with Crippen LogP contribution in [0.4, 0.5) is 10.6 Å². The summed E-state index contributed by atoms with van der Waals surface area (Å²) in [4.78, 5) is 21.1. The normalized spacial score (nSPS) is 21.6. The summed E-state index contributed by atoms with van der Waals surface area (Å²) >= 11 is 6.06. The van der Waals surface area contributed by atoms with Crippen molar-refractivity contribution in [2.24, 2.45) is 0 Å². The maximum absolute atomic E-state index is 12.4. The summed E-state index contributed by atoms with van der Waals surface area (Å²) < 4.78 is 5.52. The zero-order valence-corrected chi connectivity index (χ0v) is 16.3. The quantitative estimate of drug-likeness (QED) is 0.744. The van der Waals surface area contributed by atoms with Gasteiger partial charge in [-0.2, -0.15) is 5.26 Å². The lowest BCUT2D eigenvalue weighted by Gasteiger charge is -2.56. The Kier molecular flexibility index (Phi) is 4.15. The van der Waals surface area contributed by atoms with Crippen LogP contribution in [0.5, 0.6) is 0 Å². The molecule has 140 valence electrons. The van der Waals surface area contributed by atoms with Gasteiger partial charge in [-0.05, 0) is 51.5 Å². The number of amides is 1. The highest BCUT2D eigenvalue weighted by Crippen LogP contribution is 2.36. The van der Waals surface area contributed by atoms with E-state index in [1.54, 1.807) is 18.2 Å². The van der Waals surface area contributed by atoms with Crippen molar-refractivity contribution in [3.63, 3.8) is 0 Å². The average Bonchev–Trinajstić information content (AvgIpc) is 2.59. The van der Waals surface area contributed by atoms with Crippen molar-refractivity contribution in [2.75, 3.05) is 18.0 Å². The molecule has 2 bridgehead atoms. The number of benzene rings is 1. The minimum atomic E-state index is -0.496. The van der Waals surface area contributed by atoms with E-state index in [1.165, 1.54) is 0 Å². The number of hydrogen-bond acceptors (Lipinski definition) is 5. The Labute approximate surface area is 163 Å². The maximum atomic E-state index is 12.4. The lowest BCUT2D eigenvalue weighted by Crippen LogP contribution is -2.70. The number of fused-ring (bicyclic) bond motifs is 3. The van der Waals surface area contributed by atoms with Crippen LogP contribution in [0.1, 0.15) is 32.8 Å². The van der Waals surface area contributed by atoms with Crippen LogP contribution in [0.25, 0.3) is 10.9 Å². The molecule has 1 aromatic heterocycles. The first-order chi connectivity index (χ1) is 12.7. The fraction of sp³-hybridized carbons (Fsp3) is 0.450. The van der Waals surface area contributed by atoms with Crippen LogP contribution < -0.4 is 4.90 Å². The molecule has 1 aromatic carbocycles. The Morgan fingerprint density at radius 2 is 2.00 bits per heavy atom. The molecule has 3 saturated heterocycles. The first-order valence-electron chi connectivity index (χ1n) is 9.02. The number of piperidine rings is 1. The average molecular weight is 385 g/mol. The summed E-state index contributed by atoms with van der Waals surface area (Å²) in [6.45, 7) is 7.00. The van der Waals surface area contributed by atoms with Gasteiger partial charge in [-0.1, -0.05) is 11.6 Å². The van der Waals surface area contributed by atoms with E-state index in [1.807, 2.05) is 31.7 Å². The molecule has 2 unspecified atom stereocenters. The molecule has 6 nitrogen and oxygen atoms in total. The van der Waals surface area contributed by atoms with Crippen LogP contribution in [0.3, 0.4) is 0 Å². The van der Waals surface area contributed by atoms with Crippen molar-refractivity contribution in [1.82, 2.24) is 9.88 Å². The molecule has 3 fully saturated rings. The van der Waals surface area contributed by atoms with Crippen LogP contribution >= 0.6 is 11.6 Å². The molecule has 0 aliphatic carbocycles. The van der Waals surface area contributed by atoms with Crippen LogP contribution in [-0.4, -0.2) is 46.8 Å². The van der Waals surface area contributed by atoms with Gasteiger partial charge in [0.15, 0.2) is 0 Å². The van der Waals surface area contributed by atoms with E-state index >= 15 is 0 Å². The second kappa shape index (κ2) is 6.28. The number of ether oxygens (including phenoxy) is 1. The number of piperazine rings is 1. The van der Waals surface area contributed by atoms with E-state index in [0.29, 0.717) is 23.7 Å². The summed E-state index contributed by atoms with van der Waals surface area (Å²) in [6.07, 6.45) is 0.728. The maximum Gasteiger partial charge on any atom is 0.410 e. The summed E-state index contributed by atoms with van der Waals surface area (Å²) in [5.74, 6) is 0.764. The highest BCUT2D eigenvalue weighted by molar-refractivity contribution is 6.31. The minimum Gasteiger partial charge on any atom is -0.444 e. The zero-order chi connectivity index (χ0) is 19.3. The molecular formula is C20H21ClN4O2. The standard InChI is InChI=1S/C20H21ClN4O2/c1-20(2,3)27-19(26)25-14-8-15(25)11-24(10-14)18-6-12(9-22)16-7-13(21)4-5-17(16)23-18/h4-7,14-15H,8,10-11H2,1-3H3. The molecule has 3 aliphatic heterocycles. The third-order valence-electron chi connectivity index (χ3n) is 5.00. The smallest absolute Gasteiger partial charge is 0.410 e. The van der Waals surface area contributed by atoms with Crippen LogP contribution in [0, 0.1) is 11.3 Å². The number of anilines is 1. The van der Waals surface area contributed by atoms with Crippen molar-refractivity contribution < 1.29 is 9.53 Å². The van der Waals surface area contributed by atoms with Gasteiger partial charge >= 0.3 is 6.09 Å². The fourth-order valence-corrected chi connectivity index (χ4v) is 4.02. The van der Waals surface area contributed by atoms with Crippen molar-refractivity contribution >= 4 is 34.4 Å². The van der Waals surface area contributed by atoms with Gasteiger partial charge < -0.3 is 9.64 Å². The van der Waals surface area contributed by atoms with Gasteiger partial charge in [0.1, 0.15) is 11.4 Å². The van der Waals surface area contributed by atoms with Gasteiger partial charge in [0.05, 0.1) is 29.2 Å². The molecule has 3 aliphatic rings. The lowest BCUT2D eigenvalue weighted by atomic mass is 9.88. The van der Waals surface area contributed by atoms with E-state index in [0.717, 1.165) is 23.1 Å². The number of rotatable bonds is 1. The lowest BCUT2D eigenvalue weighted by molar-refractivity contribution is -0.0380. The Bertz CT molecular complexity index is 951. The Hall–Kier alpha value is -2.52. The number of carbonyl (C=O) groups excluding carboxylic acids is 1. The number of hydrogen-bond donors (Lipinski definition) is 0. The molecule has 2 aromatic rings. The Morgan fingerprint density at radius 3 is 2.63 bits per heavy atom. The van der Waals surface area contributed by atoms with E-state index in [2.05, 4.69) is 11.0 Å². The van der Waals surface area contributed by atoms with Gasteiger partial charge in [-0.15, -0.1) is 0 Å². The molecule has 0 N–H and O–H groups in total. The van der Waals surface area contributed by atoms with E-state index in [4.69, 9.17) is 21.3 Å². The number of carbonyl (C=O) groups is 1. The number of nitrogens with zero attached hydrogens (tertiary/aromatic N) is 4. The van der Waals surface area contributed by atoms with Crippen LogP contribution in [0.2, 0.25) is 5.02 Å². The van der Waals surface area contributed by atoms with Gasteiger partial charge in [0.2, 0.25) is 0 Å². The number of aromatic nitrogens is 1. The molecule has 2 atom stereocenters. The van der Waals surface area contributed by atoms with Crippen LogP contribution in [-0.2, 0) is 4.74 Å². The molecule has 0 spiro atoms. The zero-order valence-electron chi connectivity index (χ0n) is 15.6. The molecule has 5 rings (SSSR count). The van der Waals surface area contributed by atoms with E-state index in [9.17, 15) is 10.1 Å². The highest BCUT2D eigenvalue weighted by Gasteiger charge is 2.49. The highest BCUT2D eigenvalue weighted by atomic mass is 35.5. The number of nitriles is 1. The topological polar surface area (TPSA) is 69.5 Å². The van der Waals surface area contributed by atoms with E-state index in [-0.39, 0.29) is 18.2 Å². The predicted molar refractivity (Wildman–Crippen MR) is 104 cm³/mol. The second-order valence-corrected chi connectivity index (χ2v) is 8.57. The Morgan fingerprint density at radius 1 is 1.30 bits per heavy atom. The van der Waals surface area contributed by atoms with Crippen LogP contribution in [0.15, 0.2) is 24.3 Å². The van der Waals surface area contributed by atoms with Gasteiger partial charge in [0.25, 0.3) is 0 Å². The summed E-state index contributed by atoms with van der Waals surface area (Å²) in [5.41, 5.74) is 0.807. The van der Waals surface area contributed by atoms with E-state index < -0.39 is 5.60 Å². The van der Waals surface area contributed by atoms with Gasteiger partial charge in [-0.3, -0.25) is 4.90 Å². The molecule has 0 radical (unpaired) electrons. The molecule has 1 amide bonds. The predicted octanol–water partition coefficient (Wildman–Crippen LogP) is 3.96. The summed E-state index contributed by atoms with van der Waals surface area (Å²) in [5, 5.41) is 10.9. The first-order valence-corrected chi connectivity index (χ1v) is 9.39. The first kappa shape index (κ1) is 17.9. The minimum absolute atomic E-state index is 0.117. The molecular weight excluding hydrogens is 364 g/mol. The van der Waals surface area contributed by atoms with Crippen molar-refractivity contribution in [2.45, 2.75) is 44.9 Å². The molecule has 7 heteroatoms. The number of halogens is 1. The van der Waals surface area contributed by atoms with Crippen molar-refractivity contribution in [3.05, 3.63) is 34.9 Å². The largest absolute Gasteiger partial charge is 0.444 e. The van der Waals surface area contributed by atoms with Gasteiger partial charge in [0, 0.05) is 23.5 Å². The summed E-state index contributed by atoms with van der Waals surface area (Å²) in [6, 6.07) is 9.66. The van der Waals surface area contributed by atoms with Crippen molar-refractivity contribution in [3.8, 4) is 6.07 Å². The Balaban J connectivity index is 1.56. The SMILES string of the molecule is CC(C)(C)OC(=O)N1C2CC1CN(c1cc(C#N)c3cc(Cl)ccc3n1)C2. The summed E-state index contributed by atoms with van der Waals surface area (Å²) in [7, 11) is 0. The monoisotopic (exact) mass is 384 g/mol.